The van der Waals surface area contributed by atoms with Crippen molar-refractivity contribution in [1.29, 1.82) is 0 Å². The minimum atomic E-state index is -1.72. The summed E-state index contributed by atoms with van der Waals surface area (Å²) < 4.78 is 51.1. The van der Waals surface area contributed by atoms with Crippen LogP contribution in [0.1, 0.15) is 92.9 Å². The first-order valence-electron chi connectivity index (χ1n) is 22.7. The Morgan fingerprint density at radius 1 is 0.683 bits per heavy atom. The highest BCUT2D eigenvalue weighted by atomic mass is 16.8. The predicted molar refractivity (Wildman–Crippen MR) is 208 cm³/mol. The van der Waals surface area contributed by atoms with Crippen molar-refractivity contribution in [2.75, 3.05) is 13.2 Å². The average molecular weight is 855 g/mol. The molecule has 8 fully saturated rings. The molecule has 9 aliphatic rings. The van der Waals surface area contributed by atoms with Crippen LogP contribution in [0.15, 0.2) is 11.6 Å². The van der Waals surface area contributed by atoms with Gasteiger partial charge >= 0.3 is 0 Å². The van der Waals surface area contributed by atoms with E-state index >= 15 is 0 Å². The van der Waals surface area contributed by atoms with Gasteiger partial charge in [-0.25, -0.2) is 0 Å². The van der Waals surface area contributed by atoms with Crippen LogP contribution in [0.4, 0.5) is 0 Å². The van der Waals surface area contributed by atoms with E-state index in [0.29, 0.717) is 30.1 Å². The molecule has 9 rings (SSSR count). The number of aliphatic hydroxyl groups excluding tert-OH is 8. The summed E-state index contributed by atoms with van der Waals surface area (Å²) in [5.41, 5.74) is 0.681. The van der Waals surface area contributed by atoms with Crippen molar-refractivity contribution in [3.63, 3.8) is 0 Å². The Bertz CT molecular complexity index is 1580. The van der Waals surface area contributed by atoms with Crippen molar-refractivity contribution in [2.45, 2.75) is 203 Å². The summed E-state index contributed by atoms with van der Waals surface area (Å²) in [6.07, 6.45) is -12.0. The summed E-state index contributed by atoms with van der Waals surface area (Å²) >= 11 is 0. The molecule has 0 aromatic carbocycles. The molecule has 0 amide bonds. The highest BCUT2D eigenvalue weighted by Crippen LogP contribution is 2.71. The van der Waals surface area contributed by atoms with Crippen molar-refractivity contribution in [2.24, 2.45) is 46.3 Å². The molecule has 16 nitrogen and oxygen atoms in total. The van der Waals surface area contributed by atoms with Crippen LogP contribution in [0.25, 0.3) is 0 Å². The first kappa shape index (κ1) is 44.3. The van der Waals surface area contributed by atoms with Crippen LogP contribution < -0.4 is 0 Å². The quantitative estimate of drug-likeness (QED) is 0.173. The Morgan fingerprint density at radius 3 is 2.12 bits per heavy atom. The van der Waals surface area contributed by atoms with E-state index in [-0.39, 0.29) is 36.4 Å². The third-order valence-corrected chi connectivity index (χ3v) is 17.3. The highest BCUT2D eigenvalue weighted by molar-refractivity contribution is 5.29. The van der Waals surface area contributed by atoms with Crippen molar-refractivity contribution < 1.29 is 78.7 Å². The summed E-state index contributed by atoms with van der Waals surface area (Å²) in [4.78, 5) is 0. The Labute approximate surface area is 352 Å². The summed E-state index contributed by atoms with van der Waals surface area (Å²) in [6.45, 7) is 12.8. The van der Waals surface area contributed by atoms with Gasteiger partial charge in [0, 0.05) is 24.2 Å². The second-order valence-electron chi connectivity index (χ2n) is 20.7. The van der Waals surface area contributed by atoms with Crippen LogP contribution in [0.2, 0.25) is 0 Å². The number of allylic oxidation sites excluding steroid dienone is 1. The molecule has 3 saturated carbocycles. The normalized spacial score (nSPS) is 59.2. The Morgan fingerprint density at radius 2 is 1.38 bits per heavy atom. The standard InChI is InChI=1S/C44H70O16/c1-18-9-12-44(54-16-18)19(2)30-28(60-44)15-26-24-8-7-22-13-23(45)14-29(43(22,6)25(24)10-11-42(26,30)5)57-41-38(59-40-36(52)34(50)31(47)20(3)55-40)37(32(48)21(4)56-41)58-39-35(51)33(49)27(46)17-53-39/h7,18-21,23-41,45-52H,8-17H2,1-6H3/t18-,19-,20+,21-,23-,24-,25-,26-,27+,28-,29-,30+,31+,32+,33+,34-,35+,36-,37+,38+,39+,40+,41+,42+,43+,44-/m1/s1. The smallest absolute Gasteiger partial charge is 0.187 e. The number of aliphatic hydroxyl groups is 8. The Kier molecular flexibility index (Phi) is 12.0. The van der Waals surface area contributed by atoms with Gasteiger partial charge in [-0.2, -0.15) is 0 Å². The van der Waals surface area contributed by atoms with E-state index in [1.807, 2.05) is 0 Å². The summed E-state index contributed by atoms with van der Waals surface area (Å²) in [6, 6.07) is 0. The fourth-order valence-corrected chi connectivity index (χ4v) is 13.8. The minimum absolute atomic E-state index is 0.0699. The van der Waals surface area contributed by atoms with E-state index in [1.165, 1.54) is 6.92 Å². The lowest BCUT2D eigenvalue weighted by molar-refractivity contribution is -0.391. The van der Waals surface area contributed by atoms with E-state index in [4.69, 9.17) is 37.9 Å². The van der Waals surface area contributed by atoms with E-state index < -0.39 is 109 Å². The van der Waals surface area contributed by atoms with E-state index in [9.17, 15) is 40.9 Å². The van der Waals surface area contributed by atoms with Gasteiger partial charge in [-0.3, -0.25) is 0 Å². The third kappa shape index (κ3) is 7.01. The van der Waals surface area contributed by atoms with Crippen molar-refractivity contribution in [3.8, 4) is 0 Å². The zero-order valence-electron chi connectivity index (χ0n) is 35.8. The first-order valence-corrected chi connectivity index (χ1v) is 22.7. The largest absolute Gasteiger partial charge is 0.393 e. The molecule has 1 spiro atoms. The van der Waals surface area contributed by atoms with Gasteiger partial charge in [-0.05, 0) is 87.4 Å². The summed E-state index contributed by atoms with van der Waals surface area (Å²) in [7, 11) is 0. The number of hydrogen-bond donors (Lipinski definition) is 8. The van der Waals surface area contributed by atoms with E-state index in [0.717, 1.165) is 50.7 Å². The molecule has 60 heavy (non-hydrogen) atoms. The monoisotopic (exact) mass is 854 g/mol. The average Bonchev–Trinajstić information content (AvgIpc) is 3.66. The molecule has 0 bridgehead atoms. The zero-order chi connectivity index (χ0) is 42.8. The minimum Gasteiger partial charge on any atom is -0.393 e. The number of fused-ring (bicyclic) bond motifs is 7. The Balaban J connectivity index is 1.01. The molecular formula is C44H70O16. The van der Waals surface area contributed by atoms with E-state index in [2.05, 4.69) is 33.8 Å². The molecule has 0 aromatic rings. The van der Waals surface area contributed by atoms with Crippen molar-refractivity contribution in [3.05, 3.63) is 11.6 Å². The first-order chi connectivity index (χ1) is 28.4. The molecule has 0 aromatic heterocycles. The SMILES string of the molecule is C[C@@H]1CC[C@@]2(OC1)O[C@@H]1C[C@@H]3[C@@H]4CC=C5C[C@@H](O)C[C@@H](O[C@@H]6O[C@H](C)[C@H](O)[C@H](O[C@@H]7OC[C@H](O)[C@H](O)[C@@H]7O)[C@@H]6O[C@@H]6O[C@@H](C)[C@H](O)[C@@H](O)[C@H]6O)[C@]5(C)[C@@H]4CC[C@]3(C)[C@H]1[C@H]2C. The van der Waals surface area contributed by atoms with Crippen LogP contribution in [0.3, 0.4) is 0 Å². The van der Waals surface area contributed by atoms with Crippen LogP contribution in [0.5, 0.6) is 0 Å². The third-order valence-electron chi connectivity index (χ3n) is 17.3. The molecule has 5 heterocycles. The predicted octanol–water partition coefficient (Wildman–Crippen LogP) is 0.852. The Hall–Kier alpha value is -0.900. The van der Waals surface area contributed by atoms with Crippen molar-refractivity contribution >= 4 is 0 Å². The lowest BCUT2D eigenvalue weighted by atomic mass is 9.46. The molecule has 5 saturated heterocycles. The molecule has 0 radical (unpaired) electrons. The number of rotatable bonds is 6. The molecule has 8 N–H and O–H groups in total. The second-order valence-corrected chi connectivity index (χ2v) is 20.7. The second kappa shape index (κ2) is 16.2. The van der Waals surface area contributed by atoms with Gasteiger partial charge in [0.1, 0.15) is 54.9 Å². The fourth-order valence-electron chi connectivity index (χ4n) is 13.8. The van der Waals surface area contributed by atoms with Gasteiger partial charge in [0.15, 0.2) is 24.7 Å². The maximum Gasteiger partial charge on any atom is 0.187 e. The lowest BCUT2D eigenvalue weighted by Crippen LogP contribution is -2.66. The van der Waals surface area contributed by atoms with Gasteiger partial charge in [-0.15, -0.1) is 0 Å². The van der Waals surface area contributed by atoms with Gasteiger partial charge < -0.3 is 78.7 Å². The van der Waals surface area contributed by atoms with Gasteiger partial charge in [0.2, 0.25) is 0 Å². The molecular weight excluding hydrogens is 784 g/mol. The van der Waals surface area contributed by atoms with Crippen molar-refractivity contribution in [1.82, 2.24) is 0 Å². The highest BCUT2D eigenvalue weighted by Gasteiger charge is 2.69. The molecule has 26 atom stereocenters. The van der Waals surface area contributed by atoms with Crippen LogP contribution in [0, 0.1) is 46.3 Å². The fraction of sp³-hybridized carbons (Fsp3) is 0.955. The number of hydrogen-bond acceptors (Lipinski definition) is 16. The van der Waals surface area contributed by atoms with Crippen LogP contribution >= 0.6 is 0 Å². The number of ether oxygens (including phenoxy) is 8. The molecule has 342 valence electrons. The topological polar surface area (TPSA) is 236 Å². The summed E-state index contributed by atoms with van der Waals surface area (Å²) in [5.74, 6) is 1.67. The molecule has 0 unspecified atom stereocenters. The maximum absolute atomic E-state index is 11.6. The van der Waals surface area contributed by atoms with Gasteiger partial charge in [0.25, 0.3) is 0 Å². The summed E-state index contributed by atoms with van der Waals surface area (Å²) in [5, 5.41) is 86.8. The molecule has 4 aliphatic carbocycles. The van der Waals surface area contributed by atoms with Crippen LogP contribution in [-0.4, -0.2) is 164 Å². The molecule has 16 heteroatoms. The van der Waals surface area contributed by atoms with E-state index in [1.54, 1.807) is 6.92 Å². The zero-order valence-corrected chi connectivity index (χ0v) is 35.8. The lowest BCUT2D eigenvalue weighted by Gasteiger charge is -2.60. The van der Waals surface area contributed by atoms with Crippen LogP contribution in [-0.2, 0) is 37.9 Å². The molecule has 5 aliphatic heterocycles. The maximum atomic E-state index is 11.6. The van der Waals surface area contributed by atoms with Gasteiger partial charge in [-0.1, -0.05) is 39.3 Å². The van der Waals surface area contributed by atoms with Gasteiger partial charge in [0.05, 0.1) is 43.7 Å².